The largest absolute Gasteiger partial charge is 0.380 e. The van der Waals surface area contributed by atoms with Gasteiger partial charge in [-0.05, 0) is 25.7 Å². The fraction of sp³-hybridized carbons (Fsp3) is 1.00. The van der Waals surface area contributed by atoms with E-state index >= 15 is 0 Å². The molecule has 2 aliphatic heterocycles. The van der Waals surface area contributed by atoms with Gasteiger partial charge in [-0.15, -0.1) is 0 Å². The minimum atomic E-state index is 0.309. The third kappa shape index (κ3) is 2.67. The fourth-order valence-electron chi connectivity index (χ4n) is 3.08. The van der Waals surface area contributed by atoms with Crippen LogP contribution < -0.4 is 5.32 Å². The zero-order chi connectivity index (χ0) is 12.5. The summed E-state index contributed by atoms with van der Waals surface area (Å²) in [5, 5.41) is 3.73. The highest BCUT2D eigenvalue weighted by Gasteiger charge is 2.41. The van der Waals surface area contributed by atoms with Crippen LogP contribution in [0.25, 0.3) is 0 Å². The zero-order valence-electron chi connectivity index (χ0n) is 11.8. The zero-order valence-corrected chi connectivity index (χ0v) is 11.8. The first kappa shape index (κ1) is 13.3. The summed E-state index contributed by atoms with van der Waals surface area (Å²) in [6.07, 6.45) is 2.42. The molecule has 17 heavy (non-hydrogen) atoms. The molecular weight excluding hydrogens is 212 g/mol. The number of nitrogens with zero attached hydrogens (tertiary/aromatic N) is 1. The highest BCUT2D eigenvalue weighted by atomic mass is 16.5. The monoisotopic (exact) mass is 240 g/mol. The summed E-state index contributed by atoms with van der Waals surface area (Å²) >= 11 is 0. The van der Waals surface area contributed by atoms with Gasteiger partial charge in [0.1, 0.15) is 0 Å². The Balaban J connectivity index is 2.09. The Morgan fingerprint density at radius 3 is 2.76 bits per heavy atom. The molecule has 0 aromatic heterocycles. The summed E-state index contributed by atoms with van der Waals surface area (Å²) in [5.74, 6) is 0.709. The molecule has 3 atom stereocenters. The van der Waals surface area contributed by atoms with Crippen molar-refractivity contribution < 1.29 is 4.74 Å². The molecule has 0 aromatic rings. The molecule has 0 aromatic carbocycles. The summed E-state index contributed by atoms with van der Waals surface area (Å²) in [6, 6.07) is 1.28. The van der Waals surface area contributed by atoms with Crippen LogP contribution in [-0.2, 0) is 4.74 Å². The Bertz CT molecular complexity index is 251. The van der Waals surface area contributed by atoms with E-state index in [1.165, 1.54) is 19.4 Å². The summed E-state index contributed by atoms with van der Waals surface area (Å²) in [7, 11) is 0. The van der Waals surface area contributed by atoms with Crippen LogP contribution in [0.3, 0.4) is 0 Å². The molecule has 0 spiro atoms. The highest BCUT2D eigenvalue weighted by molar-refractivity contribution is 4.99. The Labute approximate surface area is 106 Å². The van der Waals surface area contributed by atoms with E-state index in [1.54, 1.807) is 0 Å². The first-order chi connectivity index (χ1) is 8.07. The van der Waals surface area contributed by atoms with Crippen molar-refractivity contribution in [3.63, 3.8) is 0 Å². The van der Waals surface area contributed by atoms with E-state index in [-0.39, 0.29) is 0 Å². The maximum Gasteiger partial charge on any atom is 0.0622 e. The maximum absolute atomic E-state index is 5.58. The average Bonchev–Trinajstić information content (AvgIpc) is 2.82. The standard InChI is InChI=1S/C14H28N2O/c1-5-14(4)10-15-13(11(2)3)8-16(14)12-6-7-17-9-12/h11-13,15H,5-10H2,1-4H3. The van der Waals surface area contributed by atoms with Crippen LogP contribution >= 0.6 is 0 Å². The van der Waals surface area contributed by atoms with Crippen molar-refractivity contribution in [2.45, 2.75) is 58.2 Å². The van der Waals surface area contributed by atoms with Crippen LogP contribution in [0.1, 0.15) is 40.5 Å². The van der Waals surface area contributed by atoms with Crippen molar-refractivity contribution in [2.75, 3.05) is 26.3 Å². The van der Waals surface area contributed by atoms with Crippen molar-refractivity contribution in [1.82, 2.24) is 10.2 Å². The van der Waals surface area contributed by atoms with E-state index in [0.717, 1.165) is 19.8 Å². The number of nitrogens with one attached hydrogen (secondary N) is 1. The maximum atomic E-state index is 5.58. The van der Waals surface area contributed by atoms with Gasteiger partial charge in [-0.25, -0.2) is 0 Å². The fourth-order valence-corrected chi connectivity index (χ4v) is 3.08. The lowest BCUT2D eigenvalue weighted by Gasteiger charge is -2.51. The molecule has 3 heteroatoms. The molecule has 3 nitrogen and oxygen atoms in total. The minimum absolute atomic E-state index is 0.309. The predicted octanol–water partition coefficient (Wildman–Crippen LogP) is 1.87. The number of hydrogen-bond donors (Lipinski definition) is 1. The van der Waals surface area contributed by atoms with Gasteiger partial charge in [-0.3, -0.25) is 4.90 Å². The van der Waals surface area contributed by atoms with E-state index < -0.39 is 0 Å². The highest BCUT2D eigenvalue weighted by Crippen LogP contribution is 2.29. The Morgan fingerprint density at radius 1 is 1.47 bits per heavy atom. The van der Waals surface area contributed by atoms with Gasteiger partial charge >= 0.3 is 0 Å². The minimum Gasteiger partial charge on any atom is -0.380 e. The second-order valence-corrected chi connectivity index (χ2v) is 6.25. The van der Waals surface area contributed by atoms with Gasteiger partial charge in [0.15, 0.2) is 0 Å². The quantitative estimate of drug-likeness (QED) is 0.815. The summed E-state index contributed by atoms with van der Waals surface area (Å²) < 4.78 is 5.58. The van der Waals surface area contributed by atoms with Crippen molar-refractivity contribution >= 4 is 0 Å². The van der Waals surface area contributed by atoms with Gasteiger partial charge in [-0.1, -0.05) is 20.8 Å². The summed E-state index contributed by atoms with van der Waals surface area (Å²) in [5.41, 5.74) is 0.309. The normalized spacial score (nSPS) is 40.1. The van der Waals surface area contributed by atoms with Crippen molar-refractivity contribution in [3.8, 4) is 0 Å². The van der Waals surface area contributed by atoms with Gasteiger partial charge in [0, 0.05) is 37.3 Å². The second kappa shape index (κ2) is 5.25. The molecule has 0 aliphatic carbocycles. The van der Waals surface area contributed by atoms with Gasteiger partial charge in [0.25, 0.3) is 0 Å². The van der Waals surface area contributed by atoms with Gasteiger partial charge in [0.2, 0.25) is 0 Å². The van der Waals surface area contributed by atoms with E-state index in [9.17, 15) is 0 Å². The van der Waals surface area contributed by atoms with E-state index in [2.05, 4.69) is 37.9 Å². The van der Waals surface area contributed by atoms with Crippen LogP contribution in [0.15, 0.2) is 0 Å². The van der Waals surface area contributed by atoms with Gasteiger partial charge < -0.3 is 10.1 Å². The number of rotatable bonds is 3. The Kier molecular flexibility index (Phi) is 4.11. The molecule has 0 amide bonds. The lowest BCUT2D eigenvalue weighted by atomic mass is 9.87. The molecule has 2 aliphatic rings. The molecule has 2 saturated heterocycles. The first-order valence-electron chi connectivity index (χ1n) is 7.14. The molecule has 100 valence electrons. The van der Waals surface area contributed by atoms with Gasteiger partial charge in [-0.2, -0.15) is 0 Å². The van der Waals surface area contributed by atoms with Crippen LogP contribution in [-0.4, -0.2) is 48.8 Å². The molecule has 0 radical (unpaired) electrons. The molecule has 2 heterocycles. The van der Waals surface area contributed by atoms with Crippen molar-refractivity contribution in [1.29, 1.82) is 0 Å². The second-order valence-electron chi connectivity index (χ2n) is 6.25. The number of piperazine rings is 1. The molecule has 3 unspecified atom stereocenters. The Hall–Kier alpha value is -0.120. The first-order valence-corrected chi connectivity index (χ1v) is 7.14. The Morgan fingerprint density at radius 2 is 2.24 bits per heavy atom. The molecule has 2 fully saturated rings. The predicted molar refractivity (Wildman–Crippen MR) is 71.3 cm³/mol. The summed E-state index contributed by atoms with van der Waals surface area (Å²) in [6.45, 7) is 13.5. The van der Waals surface area contributed by atoms with E-state index in [1.807, 2.05) is 0 Å². The topological polar surface area (TPSA) is 24.5 Å². The number of hydrogen-bond acceptors (Lipinski definition) is 3. The van der Waals surface area contributed by atoms with Crippen LogP contribution in [0.5, 0.6) is 0 Å². The van der Waals surface area contributed by atoms with Crippen molar-refractivity contribution in [2.24, 2.45) is 5.92 Å². The molecule has 0 bridgehead atoms. The van der Waals surface area contributed by atoms with Crippen LogP contribution in [0.4, 0.5) is 0 Å². The molecule has 1 N–H and O–H groups in total. The van der Waals surface area contributed by atoms with Gasteiger partial charge in [0.05, 0.1) is 6.61 Å². The number of ether oxygens (including phenoxy) is 1. The van der Waals surface area contributed by atoms with Crippen LogP contribution in [0, 0.1) is 5.92 Å². The van der Waals surface area contributed by atoms with E-state index in [0.29, 0.717) is 23.5 Å². The average molecular weight is 240 g/mol. The SMILES string of the molecule is CCC1(C)CNC(C(C)C)CN1C1CCOC1. The lowest BCUT2D eigenvalue weighted by molar-refractivity contribution is -0.00129. The summed E-state index contributed by atoms with van der Waals surface area (Å²) in [4.78, 5) is 2.72. The third-order valence-corrected chi connectivity index (χ3v) is 4.74. The van der Waals surface area contributed by atoms with Crippen LogP contribution in [0.2, 0.25) is 0 Å². The smallest absolute Gasteiger partial charge is 0.0622 e. The molecule has 0 saturated carbocycles. The third-order valence-electron chi connectivity index (χ3n) is 4.74. The molecular formula is C14H28N2O. The van der Waals surface area contributed by atoms with E-state index in [4.69, 9.17) is 4.74 Å². The lowest BCUT2D eigenvalue weighted by Crippen LogP contribution is -2.66. The molecule has 2 rings (SSSR count). The van der Waals surface area contributed by atoms with Crippen molar-refractivity contribution in [3.05, 3.63) is 0 Å².